The highest BCUT2D eigenvalue weighted by molar-refractivity contribution is 4.98. The maximum atomic E-state index is 9.01. The van der Waals surface area contributed by atoms with Crippen molar-refractivity contribution in [2.24, 2.45) is 0 Å². The molecule has 0 heterocycles. The molecule has 58 valence electrons. The maximum Gasteiger partial charge on any atom is 0.222 e. The monoisotopic (exact) mass is 144 g/mol. The van der Waals surface area contributed by atoms with Crippen LogP contribution in [0.15, 0.2) is 25.2 Å². The van der Waals surface area contributed by atoms with Crippen molar-refractivity contribution in [1.29, 1.82) is 0 Å². The Morgan fingerprint density at radius 3 is 2.50 bits per heavy atom. The van der Waals surface area contributed by atoms with E-state index in [4.69, 9.17) is 10.2 Å². The van der Waals surface area contributed by atoms with Crippen LogP contribution < -0.4 is 0 Å². The molecular formula is C7H12O3. The third-order valence-electron chi connectivity index (χ3n) is 1.17. The summed E-state index contributed by atoms with van der Waals surface area (Å²) in [5.41, 5.74) is 0. The molecule has 0 aliphatic heterocycles. The van der Waals surface area contributed by atoms with Gasteiger partial charge in [0.25, 0.3) is 0 Å². The first-order valence-corrected chi connectivity index (χ1v) is 2.96. The first kappa shape index (κ1) is 9.20. The fraction of sp³-hybridized carbons (Fsp3) is 0.429. The summed E-state index contributed by atoms with van der Waals surface area (Å²) in [6.45, 7) is 8.15. The van der Waals surface area contributed by atoms with E-state index in [2.05, 4.69) is 17.9 Å². The molecule has 0 atom stereocenters. The molecule has 0 rings (SSSR count). The van der Waals surface area contributed by atoms with Gasteiger partial charge in [0.05, 0.1) is 6.26 Å². The largest absolute Gasteiger partial charge is 0.465 e. The smallest absolute Gasteiger partial charge is 0.222 e. The van der Waals surface area contributed by atoms with Crippen LogP contribution in [0.2, 0.25) is 0 Å². The highest BCUT2D eigenvalue weighted by atomic mass is 16.6. The predicted octanol–water partition coefficient (Wildman–Crippen LogP) is 0.751. The lowest BCUT2D eigenvalue weighted by molar-refractivity contribution is -0.153. The van der Waals surface area contributed by atoms with Crippen LogP contribution >= 0.6 is 0 Å². The Morgan fingerprint density at radius 2 is 2.20 bits per heavy atom. The lowest BCUT2D eigenvalue weighted by atomic mass is 10.2. The van der Waals surface area contributed by atoms with E-state index in [1.54, 1.807) is 6.92 Å². The van der Waals surface area contributed by atoms with Crippen LogP contribution in [0.3, 0.4) is 0 Å². The van der Waals surface area contributed by atoms with Crippen molar-refractivity contribution in [1.82, 2.24) is 0 Å². The van der Waals surface area contributed by atoms with E-state index in [0.717, 1.165) is 6.26 Å². The van der Waals surface area contributed by atoms with E-state index in [0.29, 0.717) is 0 Å². The van der Waals surface area contributed by atoms with Crippen molar-refractivity contribution in [3.05, 3.63) is 25.2 Å². The maximum absolute atomic E-state index is 9.01. The normalized spacial score (nSPS) is 10.7. The summed E-state index contributed by atoms with van der Waals surface area (Å²) in [7, 11) is 0. The molecule has 0 aliphatic carbocycles. The van der Waals surface area contributed by atoms with Gasteiger partial charge in [0.15, 0.2) is 5.76 Å². The molecule has 10 heavy (non-hydrogen) atoms. The van der Waals surface area contributed by atoms with Crippen molar-refractivity contribution in [3.63, 3.8) is 0 Å². The summed E-state index contributed by atoms with van der Waals surface area (Å²) < 4.78 is 4.57. The molecule has 0 saturated carbocycles. The van der Waals surface area contributed by atoms with Gasteiger partial charge >= 0.3 is 0 Å². The molecule has 0 aromatic heterocycles. The quantitative estimate of drug-likeness (QED) is 0.452. The molecule has 0 saturated heterocycles. The molecule has 2 N–H and O–H groups in total. The molecule has 0 aliphatic rings. The van der Waals surface area contributed by atoms with Crippen LogP contribution in [0.4, 0.5) is 0 Å². The minimum atomic E-state index is -1.94. The third-order valence-corrected chi connectivity index (χ3v) is 1.17. The van der Waals surface area contributed by atoms with Crippen molar-refractivity contribution in [2.75, 3.05) is 0 Å². The topological polar surface area (TPSA) is 49.7 Å². The fourth-order valence-electron chi connectivity index (χ4n) is 0.392. The molecule has 0 bridgehead atoms. The molecule has 0 amide bonds. The van der Waals surface area contributed by atoms with Gasteiger partial charge in [0, 0.05) is 6.42 Å². The van der Waals surface area contributed by atoms with Crippen LogP contribution in [-0.4, -0.2) is 16.0 Å². The van der Waals surface area contributed by atoms with Gasteiger partial charge in [0.2, 0.25) is 5.79 Å². The summed E-state index contributed by atoms with van der Waals surface area (Å²) in [4.78, 5) is 0. The van der Waals surface area contributed by atoms with Crippen molar-refractivity contribution >= 4 is 0 Å². The zero-order chi connectivity index (χ0) is 8.20. The van der Waals surface area contributed by atoms with Crippen molar-refractivity contribution in [2.45, 2.75) is 19.1 Å². The van der Waals surface area contributed by atoms with Crippen LogP contribution in [-0.2, 0) is 4.74 Å². The minimum Gasteiger partial charge on any atom is -0.465 e. The standard InChI is InChI=1S/C7H12O3/c1-4-7(8,9)6(3)10-5-2/h5,8-9H,2-4H2,1H3. The lowest BCUT2D eigenvalue weighted by Gasteiger charge is -2.20. The Kier molecular flexibility index (Phi) is 3.12. The van der Waals surface area contributed by atoms with E-state index in [1.165, 1.54) is 0 Å². The Balaban J connectivity index is 4.03. The summed E-state index contributed by atoms with van der Waals surface area (Å²) >= 11 is 0. The van der Waals surface area contributed by atoms with Gasteiger partial charge in [-0.25, -0.2) is 0 Å². The van der Waals surface area contributed by atoms with Crippen molar-refractivity contribution < 1.29 is 14.9 Å². The van der Waals surface area contributed by atoms with Crippen LogP contribution in [0.1, 0.15) is 13.3 Å². The van der Waals surface area contributed by atoms with E-state index in [-0.39, 0.29) is 12.2 Å². The second kappa shape index (κ2) is 3.39. The Bertz CT molecular complexity index is 138. The summed E-state index contributed by atoms with van der Waals surface area (Å²) in [6, 6.07) is 0. The molecule has 0 aromatic carbocycles. The fourth-order valence-corrected chi connectivity index (χ4v) is 0.392. The van der Waals surface area contributed by atoms with Crippen molar-refractivity contribution in [3.8, 4) is 0 Å². The Labute approximate surface area is 60.3 Å². The molecular weight excluding hydrogens is 132 g/mol. The number of ether oxygens (including phenoxy) is 1. The van der Waals surface area contributed by atoms with Gasteiger partial charge in [-0.1, -0.05) is 20.1 Å². The first-order chi connectivity index (χ1) is 4.54. The van der Waals surface area contributed by atoms with Gasteiger partial charge in [0.1, 0.15) is 0 Å². The van der Waals surface area contributed by atoms with Gasteiger partial charge in [-0.15, -0.1) is 0 Å². The molecule has 0 aromatic rings. The number of rotatable bonds is 4. The molecule has 0 fully saturated rings. The first-order valence-electron chi connectivity index (χ1n) is 2.96. The zero-order valence-corrected chi connectivity index (χ0v) is 6.00. The highest BCUT2D eigenvalue weighted by Gasteiger charge is 2.25. The van der Waals surface area contributed by atoms with Crippen LogP contribution in [0.5, 0.6) is 0 Å². The predicted molar refractivity (Wildman–Crippen MR) is 37.9 cm³/mol. The second-order valence-corrected chi connectivity index (χ2v) is 1.88. The van der Waals surface area contributed by atoms with Gasteiger partial charge in [-0.2, -0.15) is 0 Å². The number of hydrogen-bond acceptors (Lipinski definition) is 3. The highest BCUT2D eigenvalue weighted by Crippen LogP contribution is 2.16. The number of hydrogen-bond donors (Lipinski definition) is 2. The van der Waals surface area contributed by atoms with E-state index < -0.39 is 5.79 Å². The Hall–Kier alpha value is -0.800. The minimum absolute atomic E-state index is 0.106. The number of aliphatic hydroxyl groups is 2. The van der Waals surface area contributed by atoms with Crippen LogP contribution in [0.25, 0.3) is 0 Å². The lowest BCUT2D eigenvalue weighted by Crippen LogP contribution is -2.29. The summed E-state index contributed by atoms with van der Waals surface area (Å²) in [5.74, 6) is -2.04. The summed E-state index contributed by atoms with van der Waals surface area (Å²) in [6.07, 6.45) is 1.23. The van der Waals surface area contributed by atoms with E-state index in [1.807, 2.05) is 0 Å². The third kappa shape index (κ3) is 2.21. The van der Waals surface area contributed by atoms with Gasteiger partial charge < -0.3 is 14.9 Å². The van der Waals surface area contributed by atoms with E-state index >= 15 is 0 Å². The molecule has 3 heteroatoms. The van der Waals surface area contributed by atoms with Crippen LogP contribution in [0, 0.1) is 0 Å². The second-order valence-electron chi connectivity index (χ2n) is 1.88. The van der Waals surface area contributed by atoms with Gasteiger partial charge in [-0.3, -0.25) is 0 Å². The zero-order valence-electron chi connectivity index (χ0n) is 6.00. The molecule has 3 nitrogen and oxygen atoms in total. The molecule has 0 spiro atoms. The van der Waals surface area contributed by atoms with E-state index in [9.17, 15) is 0 Å². The average molecular weight is 144 g/mol. The summed E-state index contributed by atoms with van der Waals surface area (Å²) in [5, 5.41) is 18.0. The SMILES string of the molecule is C=COC(=C)C(O)(O)CC. The Morgan fingerprint density at radius 1 is 1.70 bits per heavy atom. The average Bonchev–Trinajstić information content (AvgIpc) is 1.89. The molecule has 0 unspecified atom stereocenters. The molecule has 0 radical (unpaired) electrons. The van der Waals surface area contributed by atoms with Gasteiger partial charge in [-0.05, 0) is 0 Å².